The Balaban J connectivity index is 1.75. The van der Waals surface area contributed by atoms with E-state index in [-0.39, 0.29) is 18.4 Å². The molecule has 2 aromatic rings. The molecular weight excluding hydrogens is 348 g/mol. The van der Waals surface area contributed by atoms with Gasteiger partial charge >= 0.3 is 0 Å². The number of piperidine rings is 1. The van der Waals surface area contributed by atoms with Gasteiger partial charge in [0.05, 0.1) is 5.41 Å². The Morgan fingerprint density at radius 2 is 2.00 bits per heavy atom. The number of ether oxygens (including phenoxy) is 1. The highest BCUT2D eigenvalue weighted by Gasteiger charge is 2.40. The Kier molecular flexibility index (Phi) is 5.74. The first-order valence-corrected chi connectivity index (χ1v) is 9.61. The minimum Gasteiger partial charge on any atom is -0.375 e. The predicted octanol–water partition coefficient (Wildman–Crippen LogP) is 2.70. The quantitative estimate of drug-likeness (QED) is 0.847. The van der Waals surface area contributed by atoms with Gasteiger partial charge in [0.15, 0.2) is 0 Å². The second-order valence-electron chi connectivity index (χ2n) is 6.81. The Morgan fingerprint density at radius 1 is 1.23 bits per heavy atom. The molecule has 0 aliphatic carbocycles. The van der Waals surface area contributed by atoms with Crippen LogP contribution >= 0.6 is 11.3 Å². The Morgan fingerprint density at radius 3 is 2.62 bits per heavy atom. The van der Waals surface area contributed by atoms with Gasteiger partial charge in [0.1, 0.15) is 6.61 Å². The van der Waals surface area contributed by atoms with Crippen LogP contribution in [-0.4, -0.2) is 43.5 Å². The van der Waals surface area contributed by atoms with E-state index in [0.717, 1.165) is 11.1 Å². The third-order valence-electron chi connectivity index (χ3n) is 5.14. The number of methoxy groups -OCH3 is 1. The standard InChI is InChI=1S/C20H24N2O3S/c1-25-14-18(23)22-9-7-20(8-10-22,19(21)24)13-15-4-2-5-16(12-15)17-6-3-11-26-17/h2-6,11-12H,7-10,13-14H2,1H3,(H2,21,24). The Labute approximate surface area is 157 Å². The third kappa shape index (κ3) is 3.97. The molecule has 0 spiro atoms. The fourth-order valence-corrected chi connectivity index (χ4v) is 4.30. The molecule has 1 aromatic heterocycles. The smallest absolute Gasteiger partial charge is 0.248 e. The van der Waals surface area contributed by atoms with Crippen molar-refractivity contribution in [3.8, 4) is 10.4 Å². The topological polar surface area (TPSA) is 72.6 Å². The molecule has 1 fully saturated rings. The first-order chi connectivity index (χ1) is 12.5. The molecule has 1 aromatic carbocycles. The Hall–Kier alpha value is -2.18. The van der Waals surface area contributed by atoms with Crippen molar-refractivity contribution < 1.29 is 14.3 Å². The molecule has 3 rings (SSSR count). The van der Waals surface area contributed by atoms with Gasteiger partial charge in [-0.15, -0.1) is 11.3 Å². The van der Waals surface area contributed by atoms with Crippen molar-refractivity contribution in [1.82, 2.24) is 4.90 Å². The largest absolute Gasteiger partial charge is 0.375 e. The molecule has 2 heterocycles. The van der Waals surface area contributed by atoms with Gasteiger partial charge in [-0.2, -0.15) is 0 Å². The summed E-state index contributed by atoms with van der Waals surface area (Å²) in [5, 5.41) is 2.06. The highest BCUT2D eigenvalue weighted by atomic mass is 32.1. The molecule has 0 bridgehead atoms. The number of rotatable bonds is 6. The van der Waals surface area contributed by atoms with Gasteiger partial charge in [-0.1, -0.05) is 30.3 Å². The number of amides is 2. The summed E-state index contributed by atoms with van der Waals surface area (Å²) in [5.41, 5.74) is 7.46. The molecule has 1 saturated heterocycles. The van der Waals surface area contributed by atoms with E-state index in [2.05, 4.69) is 23.6 Å². The number of thiophene rings is 1. The lowest BCUT2D eigenvalue weighted by molar-refractivity contribution is -0.141. The zero-order chi connectivity index (χ0) is 18.6. The molecule has 6 heteroatoms. The summed E-state index contributed by atoms with van der Waals surface area (Å²) in [6, 6.07) is 12.4. The number of benzene rings is 1. The lowest BCUT2D eigenvalue weighted by Gasteiger charge is -2.39. The highest BCUT2D eigenvalue weighted by Crippen LogP contribution is 2.36. The first kappa shape index (κ1) is 18.6. The van der Waals surface area contributed by atoms with Crippen LogP contribution in [0.3, 0.4) is 0 Å². The fourth-order valence-electron chi connectivity index (χ4n) is 3.58. The number of carbonyl (C=O) groups is 2. The van der Waals surface area contributed by atoms with Crippen molar-refractivity contribution in [3.63, 3.8) is 0 Å². The summed E-state index contributed by atoms with van der Waals surface area (Å²) in [5.74, 6) is -0.317. The number of nitrogens with zero attached hydrogens (tertiary/aromatic N) is 1. The first-order valence-electron chi connectivity index (χ1n) is 8.73. The molecule has 26 heavy (non-hydrogen) atoms. The molecule has 1 aliphatic rings. The third-order valence-corrected chi connectivity index (χ3v) is 6.06. The van der Waals surface area contributed by atoms with Crippen LogP contribution in [-0.2, 0) is 20.7 Å². The van der Waals surface area contributed by atoms with E-state index < -0.39 is 5.41 Å². The van der Waals surface area contributed by atoms with Crippen molar-refractivity contribution in [2.45, 2.75) is 19.3 Å². The van der Waals surface area contributed by atoms with Crippen LogP contribution < -0.4 is 5.73 Å². The average Bonchev–Trinajstić information content (AvgIpc) is 3.17. The minimum absolute atomic E-state index is 0.0368. The number of hydrogen-bond donors (Lipinski definition) is 1. The lowest BCUT2D eigenvalue weighted by atomic mass is 9.73. The van der Waals surface area contributed by atoms with Gasteiger partial charge in [-0.05, 0) is 41.8 Å². The molecule has 1 aliphatic heterocycles. The van der Waals surface area contributed by atoms with Gasteiger partial charge in [-0.25, -0.2) is 0 Å². The van der Waals surface area contributed by atoms with Crippen LogP contribution in [0, 0.1) is 5.41 Å². The highest BCUT2D eigenvalue weighted by molar-refractivity contribution is 7.13. The van der Waals surface area contributed by atoms with E-state index in [9.17, 15) is 9.59 Å². The van der Waals surface area contributed by atoms with Gasteiger partial charge in [0.25, 0.3) is 0 Å². The molecule has 0 radical (unpaired) electrons. The van der Waals surface area contributed by atoms with Crippen LogP contribution in [0.15, 0.2) is 41.8 Å². The van der Waals surface area contributed by atoms with Crippen molar-refractivity contribution in [2.24, 2.45) is 11.1 Å². The van der Waals surface area contributed by atoms with Gasteiger partial charge in [-0.3, -0.25) is 9.59 Å². The molecule has 138 valence electrons. The lowest BCUT2D eigenvalue weighted by Crippen LogP contribution is -2.50. The van der Waals surface area contributed by atoms with E-state index >= 15 is 0 Å². The predicted molar refractivity (Wildman–Crippen MR) is 103 cm³/mol. The van der Waals surface area contributed by atoms with E-state index in [1.165, 1.54) is 12.0 Å². The second-order valence-corrected chi connectivity index (χ2v) is 7.76. The molecular formula is C20H24N2O3S. The van der Waals surface area contributed by atoms with Crippen LogP contribution in [0.25, 0.3) is 10.4 Å². The summed E-state index contributed by atoms with van der Waals surface area (Å²) in [6.45, 7) is 1.15. The Bertz CT molecular complexity index is 765. The molecule has 0 atom stereocenters. The average molecular weight is 372 g/mol. The summed E-state index contributed by atoms with van der Waals surface area (Å²) >= 11 is 1.70. The molecule has 2 amide bonds. The maximum Gasteiger partial charge on any atom is 0.248 e. The van der Waals surface area contributed by atoms with Gasteiger partial charge in [0.2, 0.25) is 11.8 Å². The number of carbonyl (C=O) groups excluding carboxylic acids is 2. The number of primary amides is 1. The number of likely N-dealkylation sites (tertiary alicyclic amines) is 1. The summed E-state index contributed by atoms with van der Waals surface area (Å²) in [7, 11) is 1.51. The maximum atomic E-state index is 12.3. The molecule has 0 unspecified atom stereocenters. The zero-order valence-corrected chi connectivity index (χ0v) is 15.8. The molecule has 2 N–H and O–H groups in total. The monoisotopic (exact) mass is 372 g/mol. The van der Waals surface area contributed by atoms with Crippen LogP contribution in [0.4, 0.5) is 0 Å². The van der Waals surface area contributed by atoms with Crippen molar-refractivity contribution in [2.75, 3.05) is 26.8 Å². The SMILES string of the molecule is COCC(=O)N1CCC(Cc2cccc(-c3cccs3)c2)(C(N)=O)CC1. The van der Waals surface area contributed by atoms with Crippen LogP contribution in [0.1, 0.15) is 18.4 Å². The van der Waals surface area contributed by atoms with Gasteiger partial charge in [0, 0.05) is 25.1 Å². The van der Waals surface area contributed by atoms with E-state index in [1.807, 2.05) is 18.2 Å². The van der Waals surface area contributed by atoms with Crippen molar-refractivity contribution in [1.29, 1.82) is 0 Å². The minimum atomic E-state index is -0.599. The van der Waals surface area contributed by atoms with Crippen LogP contribution in [0.5, 0.6) is 0 Å². The van der Waals surface area contributed by atoms with E-state index in [0.29, 0.717) is 32.4 Å². The van der Waals surface area contributed by atoms with E-state index in [4.69, 9.17) is 10.5 Å². The summed E-state index contributed by atoms with van der Waals surface area (Å²) in [4.78, 5) is 27.3. The van der Waals surface area contributed by atoms with E-state index in [1.54, 1.807) is 16.2 Å². The number of nitrogens with two attached hydrogens (primary N) is 1. The second kappa shape index (κ2) is 8.01. The van der Waals surface area contributed by atoms with Gasteiger partial charge < -0.3 is 15.4 Å². The molecule has 0 saturated carbocycles. The molecule has 5 nitrogen and oxygen atoms in total. The zero-order valence-electron chi connectivity index (χ0n) is 14.9. The normalized spacial score (nSPS) is 16.4. The summed E-state index contributed by atoms with van der Waals surface area (Å²) in [6.07, 6.45) is 1.77. The van der Waals surface area contributed by atoms with Crippen LogP contribution in [0.2, 0.25) is 0 Å². The number of hydrogen-bond acceptors (Lipinski definition) is 4. The van der Waals surface area contributed by atoms with Crippen molar-refractivity contribution in [3.05, 3.63) is 47.3 Å². The van der Waals surface area contributed by atoms with Crippen molar-refractivity contribution >= 4 is 23.2 Å². The fraction of sp³-hybridized carbons (Fsp3) is 0.400. The summed E-state index contributed by atoms with van der Waals surface area (Å²) < 4.78 is 4.92. The maximum absolute atomic E-state index is 12.3.